The Morgan fingerprint density at radius 3 is 2.78 bits per heavy atom. The van der Waals surface area contributed by atoms with Crippen molar-refractivity contribution in [3.8, 4) is 0 Å². The summed E-state index contributed by atoms with van der Waals surface area (Å²) in [7, 11) is 1.81. The maximum absolute atomic E-state index is 13.0. The summed E-state index contributed by atoms with van der Waals surface area (Å²) in [6.45, 7) is 1.42. The summed E-state index contributed by atoms with van der Waals surface area (Å²) >= 11 is 0. The van der Waals surface area contributed by atoms with Crippen molar-refractivity contribution in [1.29, 1.82) is 0 Å². The Morgan fingerprint density at radius 1 is 1.30 bits per heavy atom. The molecule has 146 valence electrons. The average molecular weight is 381 g/mol. The van der Waals surface area contributed by atoms with E-state index < -0.39 is 17.7 Å². The minimum absolute atomic E-state index is 0.00258. The molecule has 1 saturated heterocycles. The Bertz CT molecular complexity index is 825. The van der Waals surface area contributed by atoms with Crippen molar-refractivity contribution in [1.82, 2.24) is 9.88 Å². The number of carboxylic acid groups (broad SMARTS) is 1. The van der Waals surface area contributed by atoms with Crippen LogP contribution >= 0.6 is 0 Å². The first-order chi connectivity index (χ1) is 12.8. The van der Waals surface area contributed by atoms with E-state index in [2.05, 4.69) is 9.88 Å². The monoisotopic (exact) mass is 381 g/mol. The molecular weight excluding hydrogens is 359 g/mol. The van der Waals surface area contributed by atoms with E-state index in [4.69, 9.17) is 5.11 Å². The van der Waals surface area contributed by atoms with Crippen LogP contribution in [0.15, 0.2) is 30.5 Å². The summed E-state index contributed by atoms with van der Waals surface area (Å²) in [4.78, 5) is 19.3. The van der Waals surface area contributed by atoms with E-state index in [-0.39, 0.29) is 12.6 Å². The quantitative estimate of drug-likeness (QED) is 0.877. The van der Waals surface area contributed by atoms with E-state index in [1.54, 1.807) is 6.07 Å². The standard InChI is InChI=1S/C19H22F3N3O2/c1-24(12-17(26)27)15-3-2-9-25(10-7-15)18-16-5-4-14(19(20,21)22)11-13(16)6-8-23-18/h4-6,8,11,15H,2-3,7,9-10,12H2,1H3,(H,26,27). The Morgan fingerprint density at radius 2 is 2.07 bits per heavy atom. The van der Waals surface area contributed by atoms with Crippen LogP contribution in [0.1, 0.15) is 24.8 Å². The Hall–Kier alpha value is -2.35. The van der Waals surface area contributed by atoms with E-state index in [1.807, 2.05) is 11.9 Å². The lowest BCUT2D eigenvalue weighted by molar-refractivity contribution is -0.139. The van der Waals surface area contributed by atoms with Gasteiger partial charge in [-0.1, -0.05) is 6.07 Å². The first kappa shape index (κ1) is 19.4. The van der Waals surface area contributed by atoms with Crippen LogP contribution in [0.4, 0.5) is 19.0 Å². The van der Waals surface area contributed by atoms with Crippen LogP contribution < -0.4 is 4.90 Å². The lowest BCUT2D eigenvalue weighted by Crippen LogP contribution is -2.36. The van der Waals surface area contributed by atoms with Crippen molar-refractivity contribution in [2.45, 2.75) is 31.5 Å². The molecule has 1 aliphatic heterocycles. The number of likely N-dealkylation sites (N-methyl/N-ethyl adjacent to an activating group) is 1. The highest BCUT2D eigenvalue weighted by atomic mass is 19.4. The predicted molar refractivity (Wildman–Crippen MR) is 96.9 cm³/mol. The minimum atomic E-state index is -4.37. The summed E-state index contributed by atoms with van der Waals surface area (Å²) < 4.78 is 38.9. The molecule has 2 heterocycles. The van der Waals surface area contributed by atoms with Crippen molar-refractivity contribution in [2.24, 2.45) is 0 Å². The number of hydrogen-bond acceptors (Lipinski definition) is 4. The molecule has 0 bridgehead atoms. The normalized spacial score (nSPS) is 18.7. The smallest absolute Gasteiger partial charge is 0.416 e. The van der Waals surface area contributed by atoms with Crippen molar-refractivity contribution in [2.75, 3.05) is 31.6 Å². The second kappa shape index (κ2) is 7.72. The van der Waals surface area contributed by atoms with E-state index in [0.29, 0.717) is 23.1 Å². The van der Waals surface area contributed by atoms with Gasteiger partial charge in [0.25, 0.3) is 0 Å². The number of fused-ring (bicyclic) bond motifs is 1. The van der Waals surface area contributed by atoms with Crippen molar-refractivity contribution >= 4 is 22.6 Å². The maximum atomic E-state index is 13.0. The molecule has 1 aliphatic rings. The van der Waals surface area contributed by atoms with E-state index >= 15 is 0 Å². The van der Waals surface area contributed by atoms with Gasteiger partial charge in [0.05, 0.1) is 12.1 Å². The maximum Gasteiger partial charge on any atom is 0.416 e. The van der Waals surface area contributed by atoms with Gasteiger partial charge >= 0.3 is 12.1 Å². The highest BCUT2D eigenvalue weighted by Crippen LogP contribution is 2.34. The van der Waals surface area contributed by atoms with Crippen LogP contribution in [-0.2, 0) is 11.0 Å². The van der Waals surface area contributed by atoms with Gasteiger partial charge in [-0.15, -0.1) is 0 Å². The summed E-state index contributed by atoms with van der Waals surface area (Å²) in [5.74, 6) is -0.169. The molecule has 5 nitrogen and oxygen atoms in total. The molecule has 1 unspecified atom stereocenters. The molecule has 2 aromatic rings. The van der Waals surface area contributed by atoms with Crippen LogP contribution in [0.5, 0.6) is 0 Å². The van der Waals surface area contributed by atoms with Gasteiger partial charge in [0.15, 0.2) is 0 Å². The fraction of sp³-hybridized carbons (Fsp3) is 0.474. The highest BCUT2D eigenvalue weighted by molar-refractivity contribution is 5.92. The van der Waals surface area contributed by atoms with E-state index in [9.17, 15) is 18.0 Å². The Balaban J connectivity index is 1.82. The number of pyridine rings is 1. The summed E-state index contributed by atoms with van der Waals surface area (Å²) in [5, 5.41) is 10.2. The fourth-order valence-corrected chi connectivity index (χ4v) is 3.66. The second-order valence-electron chi connectivity index (χ2n) is 6.95. The Labute approximate surface area is 155 Å². The fourth-order valence-electron chi connectivity index (χ4n) is 3.66. The van der Waals surface area contributed by atoms with E-state index in [0.717, 1.165) is 37.9 Å². The molecule has 0 spiro atoms. The molecular formula is C19H22F3N3O2. The van der Waals surface area contributed by atoms with Gasteiger partial charge in [-0.2, -0.15) is 13.2 Å². The molecule has 1 aromatic heterocycles. The van der Waals surface area contributed by atoms with Gasteiger partial charge in [-0.25, -0.2) is 4.98 Å². The van der Waals surface area contributed by atoms with Crippen molar-refractivity contribution < 1.29 is 23.1 Å². The molecule has 0 aliphatic carbocycles. The molecule has 0 radical (unpaired) electrons. The highest BCUT2D eigenvalue weighted by Gasteiger charge is 2.31. The van der Waals surface area contributed by atoms with Gasteiger partial charge in [-0.05, 0) is 49.9 Å². The third-order valence-electron chi connectivity index (χ3n) is 5.08. The lowest BCUT2D eigenvalue weighted by Gasteiger charge is -2.26. The van der Waals surface area contributed by atoms with Gasteiger partial charge in [0.1, 0.15) is 5.82 Å². The van der Waals surface area contributed by atoms with Gasteiger partial charge in [0.2, 0.25) is 0 Å². The van der Waals surface area contributed by atoms with Crippen LogP contribution in [0.2, 0.25) is 0 Å². The molecule has 1 aromatic carbocycles. The number of benzene rings is 1. The molecule has 0 amide bonds. The zero-order valence-electron chi connectivity index (χ0n) is 15.0. The number of halogens is 3. The number of alkyl halides is 3. The number of aromatic nitrogens is 1. The summed E-state index contributed by atoms with van der Waals surface area (Å²) in [5.41, 5.74) is -0.668. The third kappa shape index (κ3) is 4.50. The molecule has 3 rings (SSSR count). The lowest BCUT2D eigenvalue weighted by atomic mass is 10.1. The molecule has 1 N–H and O–H groups in total. The summed E-state index contributed by atoms with van der Waals surface area (Å²) in [6, 6.07) is 5.49. The van der Waals surface area contributed by atoms with Crippen LogP contribution in [-0.4, -0.2) is 53.7 Å². The minimum Gasteiger partial charge on any atom is -0.480 e. The SMILES string of the molecule is CN(CC(=O)O)C1CCCN(c2nccc3cc(C(F)(F)F)ccc23)CC1. The largest absolute Gasteiger partial charge is 0.480 e. The van der Waals surface area contributed by atoms with Crippen LogP contribution in [0, 0.1) is 0 Å². The third-order valence-corrected chi connectivity index (χ3v) is 5.08. The molecule has 27 heavy (non-hydrogen) atoms. The first-order valence-electron chi connectivity index (χ1n) is 8.88. The zero-order valence-corrected chi connectivity index (χ0v) is 15.0. The van der Waals surface area contributed by atoms with E-state index in [1.165, 1.54) is 12.3 Å². The molecule has 0 saturated carbocycles. The number of nitrogens with zero attached hydrogens (tertiary/aromatic N) is 3. The topological polar surface area (TPSA) is 56.7 Å². The van der Waals surface area contributed by atoms with Crippen LogP contribution in [0.25, 0.3) is 10.8 Å². The molecule has 1 fully saturated rings. The van der Waals surface area contributed by atoms with Crippen molar-refractivity contribution in [3.63, 3.8) is 0 Å². The number of rotatable bonds is 4. The average Bonchev–Trinajstić information content (AvgIpc) is 2.85. The Kier molecular flexibility index (Phi) is 5.55. The molecule has 1 atom stereocenters. The number of hydrogen-bond donors (Lipinski definition) is 1. The number of aliphatic carboxylic acids is 1. The number of carbonyl (C=O) groups is 1. The van der Waals surface area contributed by atoms with Gasteiger partial charge < -0.3 is 10.0 Å². The van der Waals surface area contributed by atoms with Crippen LogP contribution in [0.3, 0.4) is 0 Å². The zero-order chi connectivity index (χ0) is 19.6. The predicted octanol–water partition coefficient (Wildman–Crippen LogP) is 3.63. The van der Waals surface area contributed by atoms with Gasteiger partial charge in [-0.3, -0.25) is 9.69 Å². The summed E-state index contributed by atoms with van der Waals surface area (Å²) in [6.07, 6.45) is -0.308. The number of carboxylic acids is 1. The first-order valence-corrected chi connectivity index (χ1v) is 8.88. The number of anilines is 1. The second-order valence-corrected chi connectivity index (χ2v) is 6.95. The van der Waals surface area contributed by atoms with Gasteiger partial charge in [0, 0.05) is 30.7 Å². The molecule has 8 heteroatoms. The van der Waals surface area contributed by atoms with Crippen molar-refractivity contribution in [3.05, 3.63) is 36.0 Å².